The number of piperidine rings is 1. The molecule has 0 amide bonds. The highest BCUT2D eigenvalue weighted by molar-refractivity contribution is 7.99. The maximum atomic E-state index is 3.50. The second-order valence-electron chi connectivity index (χ2n) is 7.22. The van der Waals surface area contributed by atoms with E-state index in [0.717, 1.165) is 11.8 Å². The van der Waals surface area contributed by atoms with E-state index in [4.69, 9.17) is 0 Å². The highest BCUT2D eigenvalue weighted by Crippen LogP contribution is 2.45. The molecule has 124 valence electrons. The lowest BCUT2D eigenvalue weighted by Crippen LogP contribution is -2.50. The van der Waals surface area contributed by atoms with Crippen molar-refractivity contribution in [3.63, 3.8) is 0 Å². The van der Waals surface area contributed by atoms with Gasteiger partial charge in [-0.1, -0.05) is 26.0 Å². The summed E-state index contributed by atoms with van der Waals surface area (Å²) in [5.41, 5.74) is 4.49. The van der Waals surface area contributed by atoms with Crippen LogP contribution in [-0.2, 0) is 6.42 Å². The molecule has 3 atom stereocenters. The molecule has 4 rings (SSSR count). The number of thioether (sulfide) groups is 1. The average Bonchev–Trinajstić information content (AvgIpc) is 2.99. The number of hydrogen-bond donors (Lipinski definition) is 1. The molecule has 0 radical (unpaired) electrons. The van der Waals surface area contributed by atoms with E-state index < -0.39 is 0 Å². The fourth-order valence-corrected chi connectivity index (χ4v) is 5.66. The minimum absolute atomic E-state index is 0.715. The van der Waals surface area contributed by atoms with Crippen LogP contribution in [0.4, 0.5) is 0 Å². The molecular weight excluding hydrogens is 300 g/mol. The molecule has 1 fully saturated rings. The van der Waals surface area contributed by atoms with Crippen molar-refractivity contribution >= 4 is 22.7 Å². The fraction of sp³-hybridized carbons (Fsp3) is 0.600. The van der Waals surface area contributed by atoms with Crippen LogP contribution < -0.4 is 0 Å². The molecule has 2 aliphatic rings. The van der Waals surface area contributed by atoms with Crippen LogP contribution >= 0.6 is 11.8 Å². The van der Waals surface area contributed by atoms with E-state index in [-0.39, 0.29) is 0 Å². The van der Waals surface area contributed by atoms with Crippen LogP contribution in [0.25, 0.3) is 10.9 Å². The Morgan fingerprint density at radius 2 is 2.22 bits per heavy atom. The summed E-state index contributed by atoms with van der Waals surface area (Å²) < 4.78 is 0. The summed E-state index contributed by atoms with van der Waals surface area (Å²) in [5.74, 6) is 4.15. The molecule has 1 unspecified atom stereocenters. The Hall–Kier alpha value is -0.930. The van der Waals surface area contributed by atoms with Gasteiger partial charge in [-0.15, -0.1) is 0 Å². The Labute approximate surface area is 144 Å². The monoisotopic (exact) mass is 328 g/mol. The van der Waals surface area contributed by atoms with Crippen LogP contribution in [0.1, 0.15) is 43.7 Å². The Kier molecular flexibility index (Phi) is 4.42. The van der Waals surface area contributed by atoms with Gasteiger partial charge in [0.05, 0.1) is 0 Å². The van der Waals surface area contributed by atoms with E-state index in [0.29, 0.717) is 6.04 Å². The smallest absolute Gasteiger partial charge is 0.0459 e. The van der Waals surface area contributed by atoms with Crippen molar-refractivity contribution < 1.29 is 0 Å². The molecule has 0 saturated carbocycles. The Morgan fingerprint density at radius 1 is 1.30 bits per heavy atom. The SMILES string of the molecule is CCCN1C[C@H](CSCC)CC2c3cccc4[nH]cc(c34)C[C@H]21. The van der Waals surface area contributed by atoms with E-state index in [2.05, 4.69) is 59.9 Å². The average molecular weight is 329 g/mol. The summed E-state index contributed by atoms with van der Waals surface area (Å²) in [7, 11) is 0. The van der Waals surface area contributed by atoms with Gasteiger partial charge < -0.3 is 4.98 Å². The molecule has 2 nitrogen and oxygen atoms in total. The Bertz CT molecular complexity index is 677. The molecular formula is C20H28N2S. The molecule has 2 aromatic rings. The van der Waals surface area contributed by atoms with E-state index in [1.54, 1.807) is 11.1 Å². The molecule has 0 bridgehead atoms. The number of hydrogen-bond acceptors (Lipinski definition) is 2. The van der Waals surface area contributed by atoms with Gasteiger partial charge in [-0.2, -0.15) is 11.8 Å². The van der Waals surface area contributed by atoms with Gasteiger partial charge in [-0.05, 0) is 60.4 Å². The summed E-state index contributed by atoms with van der Waals surface area (Å²) in [4.78, 5) is 6.31. The second kappa shape index (κ2) is 6.52. The number of aromatic nitrogens is 1. The fourth-order valence-electron chi connectivity index (χ4n) is 4.85. The lowest BCUT2D eigenvalue weighted by Gasteiger charge is -2.47. The van der Waals surface area contributed by atoms with Crippen LogP contribution in [0, 0.1) is 5.92 Å². The number of benzene rings is 1. The Morgan fingerprint density at radius 3 is 3.04 bits per heavy atom. The van der Waals surface area contributed by atoms with Crippen LogP contribution in [-0.4, -0.2) is 40.5 Å². The maximum absolute atomic E-state index is 3.50. The number of nitrogens with zero attached hydrogens (tertiary/aromatic N) is 1. The van der Waals surface area contributed by atoms with Crippen LogP contribution in [0.3, 0.4) is 0 Å². The number of aromatic amines is 1. The molecule has 23 heavy (non-hydrogen) atoms. The van der Waals surface area contributed by atoms with Crippen molar-refractivity contribution in [2.75, 3.05) is 24.6 Å². The molecule has 1 N–H and O–H groups in total. The molecule has 1 aliphatic carbocycles. The van der Waals surface area contributed by atoms with Gasteiger partial charge in [0.15, 0.2) is 0 Å². The third kappa shape index (κ3) is 2.72. The first-order chi connectivity index (χ1) is 11.3. The maximum Gasteiger partial charge on any atom is 0.0459 e. The van der Waals surface area contributed by atoms with E-state index in [9.17, 15) is 0 Å². The molecule has 1 saturated heterocycles. The van der Waals surface area contributed by atoms with E-state index in [1.165, 1.54) is 54.8 Å². The van der Waals surface area contributed by atoms with E-state index >= 15 is 0 Å². The van der Waals surface area contributed by atoms with Crippen molar-refractivity contribution in [2.45, 2.75) is 45.1 Å². The normalized spacial score (nSPS) is 27.3. The van der Waals surface area contributed by atoms with Crippen molar-refractivity contribution in [2.24, 2.45) is 5.92 Å². The second-order valence-corrected chi connectivity index (χ2v) is 8.54. The van der Waals surface area contributed by atoms with Crippen molar-refractivity contribution in [1.82, 2.24) is 9.88 Å². The number of fused-ring (bicyclic) bond motifs is 2. The third-order valence-corrected chi connectivity index (χ3v) is 6.85. The predicted octanol–water partition coefficient (Wildman–Crippen LogP) is 4.66. The summed E-state index contributed by atoms with van der Waals surface area (Å²) in [6.07, 6.45) is 6.13. The van der Waals surface area contributed by atoms with Crippen LogP contribution in [0.2, 0.25) is 0 Å². The standard InChI is InChI=1S/C20H28N2S/c1-3-8-22-12-14(13-23-4-2)9-17-16-6-5-7-18-20(16)15(11-21-18)10-19(17)22/h5-7,11,14,17,19,21H,3-4,8-10,12-13H2,1-2H3/t14-,17?,19-/m1/s1. The Balaban J connectivity index is 1.70. The minimum atomic E-state index is 0.715. The van der Waals surface area contributed by atoms with Crippen molar-refractivity contribution in [3.8, 4) is 0 Å². The quantitative estimate of drug-likeness (QED) is 0.861. The lowest BCUT2D eigenvalue weighted by molar-refractivity contribution is 0.0926. The van der Waals surface area contributed by atoms with Gasteiger partial charge in [0.25, 0.3) is 0 Å². The van der Waals surface area contributed by atoms with Gasteiger partial charge in [0, 0.05) is 35.6 Å². The summed E-state index contributed by atoms with van der Waals surface area (Å²) in [5, 5.41) is 1.54. The summed E-state index contributed by atoms with van der Waals surface area (Å²) in [6, 6.07) is 7.59. The zero-order valence-corrected chi connectivity index (χ0v) is 15.2. The number of rotatable bonds is 5. The zero-order chi connectivity index (χ0) is 15.8. The van der Waals surface area contributed by atoms with Crippen molar-refractivity contribution in [1.29, 1.82) is 0 Å². The number of likely N-dealkylation sites (tertiary alicyclic amines) is 1. The first-order valence-electron chi connectivity index (χ1n) is 9.22. The molecule has 0 spiro atoms. The summed E-state index contributed by atoms with van der Waals surface area (Å²) in [6.45, 7) is 7.17. The lowest BCUT2D eigenvalue weighted by atomic mass is 9.72. The largest absolute Gasteiger partial charge is 0.361 e. The third-order valence-electron chi connectivity index (χ3n) is 5.73. The molecule has 1 aliphatic heterocycles. The first kappa shape index (κ1) is 15.6. The van der Waals surface area contributed by atoms with E-state index in [1.807, 2.05) is 0 Å². The van der Waals surface area contributed by atoms with Gasteiger partial charge in [-0.25, -0.2) is 0 Å². The number of nitrogens with one attached hydrogen (secondary N) is 1. The molecule has 3 heteroatoms. The van der Waals surface area contributed by atoms with Gasteiger partial charge in [0.1, 0.15) is 0 Å². The van der Waals surface area contributed by atoms with Crippen LogP contribution in [0.5, 0.6) is 0 Å². The van der Waals surface area contributed by atoms with Gasteiger partial charge in [0.2, 0.25) is 0 Å². The minimum Gasteiger partial charge on any atom is -0.361 e. The number of H-pyrrole nitrogens is 1. The first-order valence-corrected chi connectivity index (χ1v) is 10.4. The molecule has 1 aromatic carbocycles. The zero-order valence-electron chi connectivity index (χ0n) is 14.3. The van der Waals surface area contributed by atoms with Gasteiger partial charge >= 0.3 is 0 Å². The highest BCUT2D eigenvalue weighted by Gasteiger charge is 2.40. The highest BCUT2D eigenvalue weighted by atomic mass is 32.2. The molecule has 2 heterocycles. The topological polar surface area (TPSA) is 19.0 Å². The van der Waals surface area contributed by atoms with Crippen molar-refractivity contribution in [3.05, 3.63) is 35.5 Å². The predicted molar refractivity (Wildman–Crippen MR) is 102 cm³/mol. The summed E-state index contributed by atoms with van der Waals surface area (Å²) >= 11 is 2.12. The van der Waals surface area contributed by atoms with Crippen LogP contribution in [0.15, 0.2) is 24.4 Å². The van der Waals surface area contributed by atoms with Gasteiger partial charge in [-0.3, -0.25) is 4.90 Å². The molecule has 1 aromatic heterocycles.